The first kappa shape index (κ1) is 14.5. The fourth-order valence-corrected chi connectivity index (χ4v) is 2.63. The van der Waals surface area contributed by atoms with Crippen LogP contribution in [0.4, 0.5) is 0 Å². The van der Waals surface area contributed by atoms with E-state index < -0.39 is 0 Å². The lowest BCUT2D eigenvalue weighted by molar-refractivity contribution is 0.601. The number of unbranched alkanes of at least 4 members (excludes halogenated alkanes) is 3. The Bertz CT molecular complexity index is 494. The zero-order valence-corrected chi connectivity index (χ0v) is 12.8. The molecule has 0 aliphatic carbocycles. The van der Waals surface area contributed by atoms with Gasteiger partial charge in [-0.05, 0) is 37.1 Å². The summed E-state index contributed by atoms with van der Waals surface area (Å²) in [5.41, 5.74) is 2.42. The molecule has 0 saturated heterocycles. The topological polar surface area (TPSA) is 24.9 Å². The second kappa shape index (κ2) is 8.28. The van der Waals surface area contributed by atoms with E-state index in [1.54, 1.807) is 0 Å². The Morgan fingerprint density at radius 1 is 1.00 bits per heavy atom. The molecule has 3 heteroatoms. The van der Waals surface area contributed by atoms with Gasteiger partial charge in [-0.15, -0.1) is 0 Å². The van der Waals surface area contributed by atoms with Crippen molar-refractivity contribution in [3.63, 3.8) is 0 Å². The molecule has 1 heterocycles. The summed E-state index contributed by atoms with van der Waals surface area (Å²) in [4.78, 5) is 4.39. The van der Waals surface area contributed by atoms with Gasteiger partial charge in [-0.3, -0.25) is 4.98 Å². The molecule has 0 aliphatic rings. The predicted octanol–water partition coefficient (Wildman–Crippen LogP) is 4.28. The van der Waals surface area contributed by atoms with Crippen LogP contribution in [0.25, 0.3) is 10.9 Å². The number of hydrogen-bond donors (Lipinski definition) is 1. The lowest BCUT2D eigenvalue weighted by atomic mass is 10.1. The number of nitrogens with one attached hydrogen (secondary N) is 1. The lowest BCUT2D eigenvalue weighted by Crippen LogP contribution is -2.15. The first-order chi connectivity index (χ1) is 9.42. The van der Waals surface area contributed by atoms with Gasteiger partial charge in [-0.2, -0.15) is 0 Å². The molecule has 0 unspecified atom stereocenters. The van der Waals surface area contributed by atoms with Gasteiger partial charge in [0, 0.05) is 23.5 Å². The molecule has 0 radical (unpaired) electrons. The van der Waals surface area contributed by atoms with Crippen LogP contribution in [0, 0.1) is 0 Å². The van der Waals surface area contributed by atoms with Gasteiger partial charge in [0.25, 0.3) is 0 Å². The molecule has 19 heavy (non-hydrogen) atoms. The molecule has 0 spiro atoms. The van der Waals surface area contributed by atoms with Crippen molar-refractivity contribution in [1.82, 2.24) is 10.3 Å². The molecule has 2 aromatic rings. The number of aromatic nitrogens is 1. The Labute approximate surface area is 123 Å². The number of hydrogen-bond acceptors (Lipinski definition) is 2. The minimum Gasteiger partial charge on any atom is -0.313 e. The Morgan fingerprint density at radius 3 is 2.74 bits per heavy atom. The normalized spacial score (nSPS) is 11.0. The van der Waals surface area contributed by atoms with Crippen LogP contribution in [0.5, 0.6) is 0 Å². The predicted molar refractivity (Wildman–Crippen MR) is 85.7 cm³/mol. The van der Waals surface area contributed by atoms with Crippen LogP contribution in [0.2, 0.25) is 0 Å². The maximum atomic E-state index is 4.39. The quantitative estimate of drug-likeness (QED) is 0.580. The van der Waals surface area contributed by atoms with Crippen molar-refractivity contribution in [2.45, 2.75) is 32.2 Å². The molecule has 0 saturated carbocycles. The van der Waals surface area contributed by atoms with Gasteiger partial charge >= 0.3 is 0 Å². The van der Waals surface area contributed by atoms with Crippen molar-refractivity contribution < 1.29 is 0 Å². The summed E-state index contributed by atoms with van der Waals surface area (Å²) in [7, 11) is 0. The summed E-state index contributed by atoms with van der Waals surface area (Å²) < 4.78 is 0. The molecular formula is C16H21BrN2. The summed E-state index contributed by atoms with van der Waals surface area (Å²) in [6, 6.07) is 10.4. The third-order valence-corrected chi connectivity index (χ3v) is 3.85. The molecule has 2 rings (SSSR count). The van der Waals surface area contributed by atoms with E-state index in [1.807, 2.05) is 12.3 Å². The Balaban J connectivity index is 1.78. The molecule has 1 N–H and O–H groups in total. The van der Waals surface area contributed by atoms with E-state index in [0.717, 1.165) is 23.9 Å². The number of nitrogens with zero attached hydrogens (tertiary/aromatic N) is 1. The van der Waals surface area contributed by atoms with Gasteiger partial charge in [-0.25, -0.2) is 0 Å². The Kier molecular flexibility index (Phi) is 6.31. The van der Waals surface area contributed by atoms with E-state index in [0.29, 0.717) is 0 Å². The second-order valence-corrected chi connectivity index (χ2v) is 5.56. The van der Waals surface area contributed by atoms with Gasteiger partial charge in [0.05, 0.1) is 5.52 Å². The minimum atomic E-state index is 0.932. The fourth-order valence-electron chi connectivity index (χ4n) is 2.23. The first-order valence-corrected chi connectivity index (χ1v) is 8.13. The summed E-state index contributed by atoms with van der Waals surface area (Å²) >= 11 is 3.46. The van der Waals surface area contributed by atoms with Crippen LogP contribution in [0.3, 0.4) is 0 Å². The number of rotatable bonds is 8. The van der Waals surface area contributed by atoms with Crippen LogP contribution >= 0.6 is 15.9 Å². The maximum Gasteiger partial charge on any atom is 0.0705 e. The first-order valence-electron chi connectivity index (χ1n) is 7.01. The van der Waals surface area contributed by atoms with E-state index in [2.05, 4.69) is 50.5 Å². The van der Waals surface area contributed by atoms with Crippen LogP contribution < -0.4 is 5.32 Å². The van der Waals surface area contributed by atoms with E-state index >= 15 is 0 Å². The zero-order chi connectivity index (χ0) is 13.3. The fraction of sp³-hybridized carbons (Fsp3) is 0.438. The third-order valence-electron chi connectivity index (χ3n) is 3.29. The van der Waals surface area contributed by atoms with Crippen LogP contribution in [-0.2, 0) is 6.54 Å². The number of para-hydroxylation sites is 1. The average molecular weight is 321 g/mol. The minimum absolute atomic E-state index is 0.932. The molecule has 0 bridgehead atoms. The molecule has 0 aliphatic heterocycles. The van der Waals surface area contributed by atoms with Crippen LogP contribution in [0.1, 0.15) is 31.2 Å². The van der Waals surface area contributed by atoms with Crippen molar-refractivity contribution in [2.24, 2.45) is 0 Å². The second-order valence-electron chi connectivity index (χ2n) is 4.77. The average Bonchev–Trinajstić information content (AvgIpc) is 2.46. The molecule has 0 amide bonds. The maximum absolute atomic E-state index is 4.39. The number of halogens is 1. The summed E-state index contributed by atoms with van der Waals surface area (Å²) in [6.07, 6.45) is 7.08. The van der Waals surface area contributed by atoms with Gasteiger partial charge < -0.3 is 5.32 Å². The molecule has 1 aromatic carbocycles. The van der Waals surface area contributed by atoms with Gasteiger partial charge in [0.15, 0.2) is 0 Å². The van der Waals surface area contributed by atoms with Crippen molar-refractivity contribution in [3.8, 4) is 0 Å². The van der Waals surface area contributed by atoms with Crippen molar-refractivity contribution in [2.75, 3.05) is 11.9 Å². The third kappa shape index (κ3) is 4.59. The zero-order valence-electron chi connectivity index (χ0n) is 11.2. The number of benzene rings is 1. The largest absolute Gasteiger partial charge is 0.313 e. The standard InChI is InChI=1S/C16H21BrN2/c17-10-5-1-2-6-11-18-13-14-9-12-19-16-8-4-3-7-15(14)16/h3-4,7-9,12,18H,1-2,5-6,10-11,13H2. The summed E-state index contributed by atoms with van der Waals surface area (Å²) in [5.74, 6) is 0. The smallest absolute Gasteiger partial charge is 0.0705 e. The molecule has 0 atom stereocenters. The monoisotopic (exact) mass is 320 g/mol. The molecule has 1 aromatic heterocycles. The van der Waals surface area contributed by atoms with Gasteiger partial charge in [0.2, 0.25) is 0 Å². The highest BCUT2D eigenvalue weighted by Crippen LogP contribution is 2.15. The highest BCUT2D eigenvalue weighted by atomic mass is 79.9. The molecular weight excluding hydrogens is 300 g/mol. The number of pyridine rings is 1. The van der Waals surface area contributed by atoms with Crippen molar-refractivity contribution in [1.29, 1.82) is 0 Å². The lowest BCUT2D eigenvalue weighted by Gasteiger charge is -2.07. The van der Waals surface area contributed by atoms with Gasteiger partial charge in [0.1, 0.15) is 0 Å². The highest BCUT2D eigenvalue weighted by Gasteiger charge is 2.00. The molecule has 2 nitrogen and oxygen atoms in total. The molecule has 102 valence electrons. The molecule has 0 fully saturated rings. The Morgan fingerprint density at radius 2 is 1.84 bits per heavy atom. The van der Waals surface area contributed by atoms with Crippen molar-refractivity contribution >= 4 is 26.8 Å². The SMILES string of the molecule is BrCCCCCCNCc1ccnc2ccccc12. The summed E-state index contributed by atoms with van der Waals surface area (Å²) in [5, 5.41) is 5.92. The highest BCUT2D eigenvalue weighted by molar-refractivity contribution is 9.09. The Hall–Kier alpha value is -0.930. The van der Waals surface area contributed by atoms with Gasteiger partial charge in [-0.1, -0.05) is 47.0 Å². The van der Waals surface area contributed by atoms with Crippen molar-refractivity contribution in [3.05, 3.63) is 42.1 Å². The van der Waals surface area contributed by atoms with E-state index in [-0.39, 0.29) is 0 Å². The van der Waals surface area contributed by atoms with E-state index in [4.69, 9.17) is 0 Å². The van der Waals surface area contributed by atoms with Crippen LogP contribution in [0.15, 0.2) is 36.5 Å². The van der Waals surface area contributed by atoms with Crippen LogP contribution in [-0.4, -0.2) is 16.9 Å². The van der Waals surface area contributed by atoms with E-state index in [9.17, 15) is 0 Å². The number of alkyl halides is 1. The summed E-state index contributed by atoms with van der Waals surface area (Å²) in [6.45, 7) is 2.03. The van der Waals surface area contributed by atoms with E-state index in [1.165, 1.54) is 36.6 Å². The number of fused-ring (bicyclic) bond motifs is 1.